The van der Waals surface area contributed by atoms with Crippen molar-refractivity contribution in [3.8, 4) is 0 Å². The minimum Gasteiger partial charge on any atom is -0.374 e. The molecule has 40 heavy (non-hydrogen) atoms. The van der Waals surface area contributed by atoms with E-state index in [4.69, 9.17) is 24.5 Å². The minimum atomic E-state index is -0.615. The topological polar surface area (TPSA) is 118 Å². The van der Waals surface area contributed by atoms with Gasteiger partial charge in [-0.25, -0.2) is 14.8 Å². The van der Waals surface area contributed by atoms with Gasteiger partial charge in [0.25, 0.3) is 0 Å². The average Bonchev–Trinajstić information content (AvgIpc) is 3.52. The number of amides is 1. The highest BCUT2D eigenvalue weighted by molar-refractivity contribution is 5.86. The van der Waals surface area contributed by atoms with Crippen molar-refractivity contribution in [2.45, 2.75) is 115 Å². The van der Waals surface area contributed by atoms with Crippen molar-refractivity contribution >= 4 is 29.0 Å². The molecule has 4 atom stereocenters. The fraction of sp³-hybridized carbons (Fsp3) is 0.793. The van der Waals surface area contributed by atoms with Gasteiger partial charge in [-0.15, -0.1) is 5.48 Å². The molecule has 5 aliphatic rings. The molecule has 11 nitrogen and oxygen atoms in total. The predicted octanol–water partition coefficient (Wildman–Crippen LogP) is 4.64. The molecule has 7 rings (SSSR count). The molecule has 3 saturated carbocycles. The highest BCUT2D eigenvalue weighted by atomic mass is 16.7. The maximum atomic E-state index is 11.8. The first-order chi connectivity index (χ1) is 19.5. The van der Waals surface area contributed by atoms with Gasteiger partial charge in [0.15, 0.2) is 23.5 Å². The number of rotatable bonds is 7. The number of hydrogen-bond donors (Lipinski definition) is 3. The first-order valence-electron chi connectivity index (χ1n) is 15.7. The molecular formula is C29H44N8O3. The van der Waals surface area contributed by atoms with E-state index in [2.05, 4.69) is 39.4 Å². The molecule has 0 bridgehead atoms. The molecular weight excluding hydrogens is 508 g/mol. The predicted molar refractivity (Wildman–Crippen MR) is 152 cm³/mol. The van der Waals surface area contributed by atoms with Gasteiger partial charge in [-0.1, -0.05) is 39.0 Å². The number of hydroxylamine groups is 1. The standard InChI is InChI=1S/C29H44N8O3/c1-17-10-12-19(13-11-17)16-37-23-24(30-18(2)20-6-5-7-20)31-26(27-34-29(38)40-35-27)32-25(23)33-28(37)36-14-15-39-22-9-4-3-8-21(22)36/h17-22,27,35H,3-16H2,1-2H3,(H,34,38)(H,30,31,32)/t17?,18-,19?,21?,22?,27?/m1/s1. The quantitative estimate of drug-likeness (QED) is 0.451. The Kier molecular flexibility index (Phi) is 7.20. The second-order valence-corrected chi connectivity index (χ2v) is 12.9. The molecule has 5 fully saturated rings. The van der Waals surface area contributed by atoms with E-state index in [0.717, 1.165) is 55.7 Å². The summed E-state index contributed by atoms with van der Waals surface area (Å²) in [5.74, 6) is 4.32. The Balaban J connectivity index is 1.33. The minimum absolute atomic E-state index is 0.263. The van der Waals surface area contributed by atoms with Crippen LogP contribution in [0.4, 0.5) is 16.6 Å². The lowest BCUT2D eigenvalue weighted by Crippen LogP contribution is -2.53. The summed E-state index contributed by atoms with van der Waals surface area (Å²) >= 11 is 0. The Morgan fingerprint density at radius 2 is 1.85 bits per heavy atom. The van der Waals surface area contributed by atoms with E-state index in [9.17, 15) is 4.79 Å². The van der Waals surface area contributed by atoms with Gasteiger partial charge in [0.1, 0.15) is 5.52 Å². The van der Waals surface area contributed by atoms with Gasteiger partial charge >= 0.3 is 6.09 Å². The maximum Gasteiger partial charge on any atom is 0.427 e. The first kappa shape index (κ1) is 26.3. The number of nitrogens with one attached hydrogen (secondary N) is 3. The lowest BCUT2D eigenvalue weighted by molar-refractivity contribution is -0.00958. The summed E-state index contributed by atoms with van der Waals surface area (Å²) in [6.45, 7) is 7.12. The van der Waals surface area contributed by atoms with Gasteiger partial charge in [0.2, 0.25) is 5.95 Å². The molecule has 3 aliphatic carbocycles. The van der Waals surface area contributed by atoms with E-state index in [-0.39, 0.29) is 12.1 Å². The van der Waals surface area contributed by atoms with Crippen LogP contribution in [0.3, 0.4) is 0 Å². The molecule has 0 radical (unpaired) electrons. The zero-order valence-electron chi connectivity index (χ0n) is 23.9. The number of imidazole rings is 1. The molecule has 2 saturated heterocycles. The largest absolute Gasteiger partial charge is 0.427 e. The zero-order chi connectivity index (χ0) is 27.2. The summed E-state index contributed by atoms with van der Waals surface area (Å²) in [6.07, 6.45) is 12.6. The monoisotopic (exact) mass is 552 g/mol. The lowest BCUT2D eigenvalue weighted by atomic mass is 9.80. The molecule has 3 unspecified atom stereocenters. The Hall–Kier alpha value is -2.66. The third-order valence-corrected chi connectivity index (χ3v) is 10.2. The second-order valence-electron chi connectivity index (χ2n) is 12.9. The molecule has 1 amide bonds. The number of ether oxygens (including phenoxy) is 1. The average molecular weight is 553 g/mol. The van der Waals surface area contributed by atoms with Crippen LogP contribution in [0.15, 0.2) is 0 Å². The van der Waals surface area contributed by atoms with Crippen LogP contribution in [-0.4, -0.2) is 57.0 Å². The summed E-state index contributed by atoms with van der Waals surface area (Å²) < 4.78 is 8.68. The van der Waals surface area contributed by atoms with Crippen LogP contribution in [0, 0.1) is 17.8 Å². The molecule has 0 aromatic carbocycles. The number of morpholine rings is 1. The van der Waals surface area contributed by atoms with Gasteiger partial charge in [-0.2, -0.15) is 4.98 Å². The number of aromatic nitrogens is 4. The Labute approximate surface area is 236 Å². The van der Waals surface area contributed by atoms with Crippen molar-refractivity contribution in [3.63, 3.8) is 0 Å². The Morgan fingerprint density at radius 1 is 1.02 bits per heavy atom. The third kappa shape index (κ3) is 5.00. The van der Waals surface area contributed by atoms with Crippen molar-refractivity contribution in [1.82, 2.24) is 30.3 Å². The van der Waals surface area contributed by atoms with Crippen molar-refractivity contribution in [2.75, 3.05) is 23.4 Å². The summed E-state index contributed by atoms with van der Waals surface area (Å²) in [6, 6.07) is 0.627. The highest BCUT2D eigenvalue weighted by Crippen LogP contribution is 2.38. The summed E-state index contributed by atoms with van der Waals surface area (Å²) in [7, 11) is 0. The number of carbonyl (C=O) groups is 1. The number of nitrogens with zero attached hydrogens (tertiary/aromatic N) is 5. The number of hydrogen-bond acceptors (Lipinski definition) is 9. The van der Waals surface area contributed by atoms with E-state index in [0.29, 0.717) is 29.3 Å². The summed E-state index contributed by atoms with van der Waals surface area (Å²) in [5.41, 5.74) is 4.38. The van der Waals surface area contributed by atoms with E-state index in [1.165, 1.54) is 57.8 Å². The lowest BCUT2D eigenvalue weighted by Gasteiger charge is -2.44. The smallest absolute Gasteiger partial charge is 0.374 e. The van der Waals surface area contributed by atoms with Gasteiger partial charge < -0.3 is 24.4 Å². The first-order valence-corrected chi connectivity index (χ1v) is 15.7. The van der Waals surface area contributed by atoms with Gasteiger partial charge in [0.05, 0.1) is 18.8 Å². The van der Waals surface area contributed by atoms with Crippen molar-refractivity contribution in [2.24, 2.45) is 17.8 Å². The van der Waals surface area contributed by atoms with Crippen molar-refractivity contribution < 1.29 is 14.4 Å². The van der Waals surface area contributed by atoms with Crippen LogP contribution < -0.4 is 21.0 Å². The van der Waals surface area contributed by atoms with Crippen LogP contribution >= 0.6 is 0 Å². The van der Waals surface area contributed by atoms with Gasteiger partial charge in [-0.05, 0) is 63.2 Å². The third-order valence-electron chi connectivity index (χ3n) is 10.2. The second kappa shape index (κ2) is 11.0. The van der Waals surface area contributed by atoms with E-state index < -0.39 is 12.3 Å². The highest BCUT2D eigenvalue weighted by Gasteiger charge is 2.38. The molecule has 218 valence electrons. The van der Waals surface area contributed by atoms with E-state index in [1.807, 2.05) is 0 Å². The fourth-order valence-corrected chi connectivity index (χ4v) is 7.46. The normalized spacial score (nSPS) is 31.8. The van der Waals surface area contributed by atoms with Crippen LogP contribution in [0.1, 0.15) is 96.5 Å². The van der Waals surface area contributed by atoms with Crippen LogP contribution in [-0.2, 0) is 16.1 Å². The SMILES string of the molecule is CC1CCC(Cn2c(N3CCOC4CCCCC43)nc3nc(C4NOC(=O)N4)nc(N[C@H](C)C4CCC4)c32)CC1. The molecule has 11 heteroatoms. The fourth-order valence-electron chi connectivity index (χ4n) is 7.46. The Morgan fingerprint density at radius 3 is 2.60 bits per heavy atom. The number of anilines is 2. The molecule has 2 aliphatic heterocycles. The van der Waals surface area contributed by atoms with E-state index in [1.54, 1.807) is 0 Å². The van der Waals surface area contributed by atoms with Crippen LogP contribution in [0.2, 0.25) is 0 Å². The summed E-state index contributed by atoms with van der Waals surface area (Å²) in [4.78, 5) is 34.5. The van der Waals surface area contributed by atoms with Gasteiger partial charge in [-0.3, -0.25) is 5.32 Å². The maximum absolute atomic E-state index is 11.8. The van der Waals surface area contributed by atoms with Gasteiger partial charge in [0, 0.05) is 19.1 Å². The number of carbonyl (C=O) groups excluding carboxylic acids is 1. The molecule has 0 spiro atoms. The molecule has 2 aromatic heterocycles. The van der Waals surface area contributed by atoms with E-state index >= 15 is 0 Å². The van der Waals surface area contributed by atoms with Crippen molar-refractivity contribution in [1.29, 1.82) is 0 Å². The molecule has 3 N–H and O–H groups in total. The van der Waals surface area contributed by atoms with Crippen molar-refractivity contribution in [3.05, 3.63) is 5.82 Å². The van der Waals surface area contributed by atoms with Crippen LogP contribution in [0.25, 0.3) is 11.2 Å². The molecule has 2 aromatic rings. The summed E-state index contributed by atoms with van der Waals surface area (Å²) in [5, 5.41) is 6.55. The number of fused-ring (bicyclic) bond motifs is 2. The Bertz CT molecular complexity index is 1220. The molecule has 4 heterocycles. The zero-order valence-corrected chi connectivity index (χ0v) is 23.9. The van der Waals surface area contributed by atoms with Crippen LogP contribution in [0.5, 0.6) is 0 Å².